The molecule has 0 spiro atoms. The van der Waals surface area contributed by atoms with Crippen molar-refractivity contribution in [2.45, 2.75) is 32.1 Å². The molecule has 0 fully saturated rings. The fraction of sp³-hybridized carbons (Fsp3) is 0.273. The fourth-order valence-electron chi connectivity index (χ4n) is 4.02. The molecule has 5 nitrogen and oxygen atoms in total. The average molecular weight is 482 g/mol. The van der Waals surface area contributed by atoms with E-state index in [1.54, 1.807) is 24.0 Å². The Kier molecular flexibility index (Phi) is 5.81. The van der Waals surface area contributed by atoms with E-state index >= 15 is 0 Å². The van der Waals surface area contributed by atoms with Crippen molar-refractivity contribution in [3.63, 3.8) is 0 Å². The summed E-state index contributed by atoms with van der Waals surface area (Å²) in [5.41, 5.74) is 0.464. The normalized spacial score (nSPS) is 16.2. The van der Waals surface area contributed by atoms with Crippen molar-refractivity contribution >= 4 is 28.8 Å². The summed E-state index contributed by atoms with van der Waals surface area (Å²) in [5, 5.41) is 13.8. The van der Waals surface area contributed by atoms with Crippen LogP contribution in [0.25, 0.3) is 11.1 Å². The summed E-state index contributed by atoms with van der Waals surface area (Å²) < 4.78 is 43.1. The van der Waals surface area contributed by atoms with Gasteiger partial charge in [-0.2, -0.15) is 18.3 Å². The van der Waals surface area contributed by atoms with Crippen LogP contribution < -0.4 is 0 Å². The Hall–Kier alpha value is -2.78. The van der Waals surface area contributed by atoms with Gasteiger partial charge in [0.1, 0.15) is 5.75 Å². The van der Waals surface area contributed by atoms with Gasteiger partial charge in [0.05, 0.1) is 10.9 Å². The number of hydrogen-bond acceptors (Lipinski definition) is 4. The lowest BCUT2D eigenvalue weighted by molar-refractivity contribution is -0.141. The first kappa shape index (κ1) is 22.4. The highest BCUT2D eigenvalue weighted by molar-refractivity contribution is 7.16. The minimum absolute atomic E-state index is 0.125. The van der Waals surface area contributed by atoms with Crippen LogP contribution in [-0.2, 0) is 24.1 Å². The Morgan fingerprint density at radius 2 is 2.09 bits per heavy atom. The molecule has 2 aromatic heterocycles. The number of aromatic hydroxyl groups is 1. The molecule has 168 valence electrons. The molecule has 4 rings (SSSR count). The van der Waals surface area contributed by atoms with Gasteiger partial charge in [-0.1, -0.05) is 24.2 Å². The van der Waals surface area contributed by atoms with Crippen LogP contribution in [0.15, 0.2) is 43.1 Å². The number of aryl methyl sites for hydroxylation is 1. The molecule has 0 radical (unpaired) electrons. The lowest BCUT2D eigenvalue weighted by Gasteiger charge is -2.33. The molecule has 1 aliphatic rings. The number of thiophene rings is 1. The number of hydrogen-bond donors (Lipinski definition) is 1. The smallest absolute Gasteiger partial charge is 0.435 e. The van der Waals surface area contributed by atoms with Crippen molar-refractivity contribution < 1.29 is 23.1 Å². The summed E-state index contributed by atoms with van der Waals surface area (Å²) in [6, 6.07) is 6.12. The Bertz CT molecular complexity index is 1200. The monoisotopic (exact) mass is 481 g/mol. The summed E-state index contributed by atoms with van der Waals surface area (Å²) in [6.45, 7) is 6.08. The fourth-order valence-corrected chi connectivity index (χ4v) is 5.38. The van der Waals surface area contributed by atoms with Crippen molar-refractivity contribution in [2.24, 2.45) is 0 Å². The first-order valence-electron chi connectivity index (χ1n) is 9.79. The Labute approximate surface area is 191 Å². The summed E-state index contributed by atoms with van der Waals surface area (Å²) in [4.78, 5) is 14.8. The second-order valence-electron chi connectivity index (χ2n) is 7.42. The van der Waals surface area contributed by atoms with E-state index in [1.807, 2.05) is 0 Å². The van der Waals surface area contributed by atoms with Crippen molar-refractivity contribution in [3.05, 3.63) is 69.2 Å². The highest BCUT2D eigenvalue weighted by Gasteiger charge is 2.39. The van der Waals surface area contributed by atoms with Gasteiger partial charge in [0.15, 0.2) is 5.69 Å². The van der Waals surface area contributed by atoms with Crippen LogP contribution in [0.3, 0.4) is 0 Å². The number of carbonyl (C=O) groups excluding carboxylic acids is 1. The number of halogens is 4. The van der Waals surface area contributed by atoms with Gasteiger partial charge in [0.25, 0.3) is 0 Å². The van der Waals surface area contributed by atoms with E-state index in [-0.39, 0.29) is 35.9 Å². The number of aromatic nitrogens is 2. The average Bonchev–Trinajstić information content (AvgIpc) is 3.35. The lowest BCUT2D eigenvalue weighted by Crippen LogP contribution is -2.37. The van der Waals surface area contributed by atoms with Gasteiger partial charge in [0, 0.05) is 35.6 Å². The minimum Gasteiger partial charge on any atom is -0.508 e. The highest BCUT2D eigenvalue weighted by Crippen LogP contribution is 2.45. The zero-order valence-corrected chi connectivity index (χ0v) is 18.6. The van der Waals surface area contributed by atoms with Crippen molar-refractivity contribution in [2.75, 3.05) is 6.54 Å². The number of nitrogens with zero attached hydrogens (tertiary/aromatic N) is 3. The van der Waals surface area contributed by atoms with Gasteiger partial charge in [-0.3, -0.25) is 9.48 Å². The molecule has 32 heavy (non-hydrogen) atoms. The standard InChI is InChI=1S/C22H19ClF3N3O2S/c1-3-20(31)28-9-16(15-8-19(23)32-18(15)11-28)13-6-5-12(30)7-14(13)17-10-29(4-2)27-21(17)22(24,25)26/h3,5-8,10,16,30H,1,4,9,11H2,2H3. The molecule has 10 heteroatoms. The van der Waals surface area contributed by atoms with E-state index in [0.29, 0.717) is 16.4 Å². The van der Waals surface area contributed by atoms with E-state index in [9.17, 15) is 23.1 Å². The minimum atomic E-state index is -4.67. The summed E-state index contributed by atoms with van der Waals surface area (Å²) in [6.07, 6.45) is -2.13. The molecule has 1 unspecified atom stereocenters. The Balaban J connectivity index is 1.93. The number of carbonyl (C=O) groups is 1. The van der Waals surface area contributed by atoms with E-state index in [4.69, 9.17) is 11.6 Å². The highest BCUT2D eigenvalue weighted by atomic mass is 35.5. The van der Waals surface area contributed by atoms with E-state index < -0.39 is 17.8 Å². The number of alkyl halides is 3. The summed E-state index contributed by atoms with van der Waals surface area (Å²) >= 11 is 7.58. The second kappa shape index (κ2) is 8.29. The topological polar surface area (TPSA) is 58.4 Å². The van der Waals surface area contributed by atoms with Crippen molar-refractivity contribution in [1.82, 2.24) is 14.7 Å². The van der Waals surface area contributed by atoms with Gasteiger partial charge in [-0.25, -0.2) is 0 Å². The molecule has 1 atom stereocenters. The van der Waals surface area contributed by atoms with Crippen molar-refractivity contribution in [1.29, 1.82) is 0 Å². The second-order valence-corrected chi connectivity index (χ2v) is 9.19. The van der Waals surface area contributed by atoms with Crippen LogP contribution in [0.1, 0.15) is 34.5 Å². The Morgan fingerprint density at radius 1 is 1.34 bits per heavy atom. The molecule has 1 aliphatic heterocycles. The SMILES string of the molecule is C=CC(=O)N1Cc2sc(Cl)cc2C(c2ccc(O)cc2-c2cn(CC)nc2C(F)(F)F)C1. The maximum Gasteiger partial charge on any atom is 0.435 e. The summed E-state index contributed by atoms with van der Waals surface area (Å²) in [7, 11) is 0. The number of benzene rings is 1. The van der Waals surface area contributed by atoms with Gasteiger partial charge in [-0.15, -0.1) is 11.3 Å². The quantitative estimate of drug-likeness (QED) is 0.488. The third-order valence-electron chi connectivity index (χ3n) is 5.47. The number of fused-ring (bicyclic) bond motifs is 1. The van der Waals surface area contributed by atoms with E-state index in [0.717, 1.165) is 10.4 Å². The molecule has 3 heterocycles. The third kappa shape index (κ3) is 4.02. The Morgan fingerprint density at radius 3 is 2.75 bits per heavy atom. The third-order valence-corrected chi connectivity index (χ3v) is 6.73. The van der Waals surface area contributed by atoms with Gasteiger partial charge in [-0.05, 0) is 47.9 Å². The van der Waals surface area contributed by atoms with Crippen LogP contribution in [0.4, 0.5) is 13.2 Å². The first-order valence-corrected chi connectivity index (χ1v) is 11.0. The van der Waals surface area contributed by atoms with E-state index in [2.05, 4.69) is 11.7 Å². The molecule has 1 aromatic carbocycles. The lowest BCUT2D eigenvalue weighted by atomic mass is 9.83. The van der Waals surface area contributed by atoms with Crippen LogP contribution in [0, 0.1) is 0 Å². The molecular weight excluding hydrogens is 463 g/mol. The number of phenolic OH excluding ortho intramolecular Hbond substituents is 1. The maximum absolute atomic E-state index is 13.8. The number of amides is 1. The molecule has 1 N–H and O–H groups in total. The van der Waals surface area contributed by atoms with Crippen molar-refractivity contribution in [3.8, 4) is 16.9 Å². The largest absolute Gasteiger partial charge is 0.508 e. The zero-order valence-electron chi connectivity index (χ0n) is 17.0. The van der Waals surface area contributed by atoms with Crippen LogP contribution >= 0.6 is 22.9 Å². The van der Waals surface area contributed by atoms with Gasteiger partial charge >= 0.3 is 6.18 Å². The van der Waals surface area contributed by atoms with Crippen LogP contribution in [0.5, 0.6) is 5.75 Å². The molecule has 0 saturated carbocycles. The molecule has 0 saturated heterocycles. The van der Waals surface area contributed by atoms with Crippen LogP contribution in [0.2, 0.25) is 4.34 Å². The molecule has 0 aliphatic carbocycles. The molecule has 3 aromatic rings. The van der Waals surface area contributed by atoms with E-state index in [1.165, 1.54) is 40.4 Å². The summed E-state index contributed by atoms with van der Waals surface area (Å²) in [5.74, 6) is -0.882. The number of rotatable bonds is 4. The van der Waals surface area contributed by atoms with Gasteiger partial charge in [0.2, 0.25) is 5.91 Å². The molecule has 0 bridgehead atoms. The van der Waals surface area contributed by atoms with Crippen LogP contribution in [-0.4, -0.2) is 32.2 Å². The zero-order chi connectivity index (χ0) is 23.2. The molecular formula is C22H19ClF3N3O2S. The maximum atomic E-state index is 13.8. The first-order chi connectivity index (χ1) is 15.1. The predicted octanol–water partition coefficient (Wildman–Crippen LogP) is 5.67. The molecule has 1 amide bonds. The number of phenols is 1. The predicted molar refractivity (Wildman–Crippen MR) is 117 cm³/mol. The van der Waals surface area contributed by atoms with Gasteiger partial charge < -0.3 is 10.0 Å².